The molecule has 0 bridgehead atoms. The first-order valence-electron chi connectivity index (χ1n) is 9.76. The Morgan fingerprint density at radius 2 is 1.69 bits per heavy atom. The zero-order valence-electron chi connectivity index (χ0n) is 16.3. The molecule has 0 aromatic heterocycles. The van der Waals surface area contributed by atoms with Crippen LogP contribution in [0.4, 0.5) is 4.39 Å². The van der Waals surface area contributed by atoms with Crippen LogP contribution in [-0.2, 0) is 28.0 Å². The lowest BCUT2D eigenvalue weighted by atomic mass is 10.1. The SMILES string of the molecule is O=C(CN1CCCN(Cc2ccccc2F)S1(=O)=O)NCCCc1ccccc1. The highest BCUT2D eigenvalue weighted by Crippen LogP contribution is 2.20. The first-order valence-corrected chi connectivity index (χ1v) is 11.2. The van der Waals surface area contributed by atoms with Crippen LogP contribution in [0.3, 0.4) is 0 Å². The van der Waals surface area contributed by atoms with Crippen molar-refractivity contribution in [2.45, 2.75) is 25.8 Å². The fourth-order valence-electron chi connectivity index (χ4n) is 3.34. The molecule has 3 rings (SSSR count). The summed E-state index contributed by atoms with van der Waals surface area (Å²) in [7, 11) is -3.81. The number of aryl methyl sites for hydroxylation is 1. The lowest BCUT2D eigenvalue weighted by Gasteiger charge is -2.34. The predicted octanol–water partition coefficient (Wildman–Crippen LogP) is 2.33. The molecule has 1 fully saturated rings. The van der Waals surface area contributed by atoms with Gasteiger partial charge in [0.2, 0.25) is 5.91 Å². The van der Waals surface area contributed by atoms with Gasteiger partial charge in [0.25, 0.3) is 10.2 Å². The topological polar surface area (TPSA) is 69.7 Å². The summed E-state index contributed by atoms with van der Waals surface area (Å²) in [6.07, 6.45) is 2.22. The number of halogens is 1. The molecule has 0 saturated carbocycles. The molecule has 0 aliphatic carbocycles. The Morgan fingerprint density at radius 1 is 1.00 bits per heavy atom. The molecule has 1 saturated heterocycles. The lowest BCUT2D eigenvalue weighted by molar-refractivity contribution is -0.121. The maximum atomic E-state index is 13.9. The van der Waals surface area contributed by atoms with Crippen molar-refractivity contribution < 1.29 is 17.6 Å². The molecular weight excluding hydrogens is 393 g/mol. The van der Waals surface area contributed by atoms with Gasteiger partial charge in [-0.25, -0.2) is 4.39 Å². The molecular formula is C21H26FN3O3S. The van der Waals surface area contributed by atoms with Crippen molar-refractivity contribution in [2.75, 3.05) is 26.2 Å². The Balaban J connectivity index is 1.50. The lowest BCUT2D eigenvalue weighted by Crippen LogP contribution is -2.52. The molecule has 1 N–H and O–H groups in total. The summed E-state index contributed by atoms with van der Waals surface area (Å²) in [6.45, 7) is 0.825. The first kappa shape index (κ1) is 21.4. The van der Waals surface area contributed by atoms with Gasteiger partial charge in [-0.15, -0.1) is 0 Å². The number of hydrogen-bond donors (Lipinski definition) is 1. The molecule has 0 unspecified atom stereocenters. The monoisotopic (exact) mass is 419 g/mol. The Morgan fingerprint density at radius 3 is 2.45 bits per heavy atom. The summed E-state index contributed by atoms with van der Waals surface area (Å²) in [5.41, 5.74) is 1.52. The third-order valence-corrected chi connectivity index (χ3v) is 6.83. The molecule has 29 heavy (non-hydrogen) atoms. The molecule has 2 aromatic carbocycles. The van der Waals surface area contributed by atoms with Crippen LogP contribution < -0.4 is 5.32 Å². The van der Waals surface area contributed by atoms with Gasteiger partial charge in [0.05, 0.1) is 6.54 Å². The molecule has 8 heteroatoms. The van der Waals surface area contributed by atoms with Gasteiger partial charge in [-0.1, -0.05) is 48.5 Å². The number of hydrogen-bond acceptors (Lipinski definition) is 3. The summed E-state index contributed by atoms with van der Waals surface area (Å²) in [4.78, 5) is 12.2. The van der Waals surface area contributed by atoms with E-state index in [0.717, 1.165) is 12.8 Å². The van der Waals surface area contributed by atoms with Gasteiger partial charge in [-0.2, -0.15) is 17.0 Å². The van der Waals surface area contributed by atoms with E-state index < -0.39 is 16.0 Å². The van der Waals surface area contributed by atoms with E-state index in [1.54, 1.807) is 18.2 Å². The fourth-order valence-corrected chi connectivity index (χ4v) is 4.97. The smallest absolute Gasteiger partial charge is 0.282 e. The number of rotatable bonds is 8. The Bertz CT molecular complexity index is 922. The minimum Gasteiger partial charge on any atom is -0.355 e. The van der Waals surface area contributed by atoms with Crippen LogP contribution in [0.1, 0.15) is 24.0 Å². The number of carbonyl (C=O) groups is 1. The highest BCUT2D eigenvalue weighted by Gasteiger charge is 2.34. The van der Waals surface area contributed by atoms with Crippen LogP contribution in [0, 0.1) is 5.82 Å². The van der Waals surface area contributed by atoms with E-state index in [4.69, 9.17) is 0 Å². The van der Waals surface area contributed by atoms with Crippen molar-refractivity contribution in [1.29, 1.82) is 0 Å². The normalized spacial score (nSPS) is 17.1. The van der Waals surface area contributed by atoms with Crippen molar-refractivity contribution in [3.8, 4) is 0 Å². The molecule has 156 valence electrons. The minimum atomic E-state index is -3.81. The molecule has 0 radical (unpaired) electrons. The van der Waals surface area contributed by atoms with Crippen LogP contribution in [0.15, 0.2) is 54.6 Å². The van der Waals surface area contributed by atoms with Gasteiger partial charge in [0.15, 0.2) is 0 Å². The average molecular weight is 420 g/mol. The third-order valence-electron chi connectivity index (χ3n) is 4.90. The predicted molar refractivity (Wildman–Crippen MR) is 110 cm³/mol. The quantitative estimate of drug-likeness (QED) is 0.668. The van der Waals surface area contributed by atoms with Crippen molar-refractivity contribution in [3.63, 3.8) is 0 Å². The molecule has 6 nitrogen and oxygen atoms in total. The van der Waals surface area contributed by atoms with Crippen LogP contribution >= 0.6 is 0 Å². The van der Waals surface area contributed by atoms with Crippen molar-refractivity contribution in [2.24, 2.45) is 0 Å². The molecule has 1 aliphatic heterocycles. The minimum absolute atomic E-state index is 0.0375. The van der Waals surface area contributed by atoms with Crippen LogP contribution in [0.2, 0.25) is 0 Å². The van der Waals surface area contributed by atoms with E-state index in [-0.39, 0.29) is 25.5 Å². The number of carbonyl (C=O) groups excluding carboxylic acids is 1. The summed E-state index contributed by atoms with van der Waals surface area (Å²) >= 11 is 0. The van der Waals surface area contributed by atoms with Gasteiger partial charge >= 0.3 is 0 Å². The van der Waals surface area contributed by atoms with E-state index >= 15 is 0 Å². The largest absolute Gasteiger partial charge is 0.355 e. The first-order chi connectivity index (χ1) is 14.0. The highest BCUT2D eigenvalue weighted by molar-refractivity contribution is 7.86. The van der Waals surface area contributed by atoms with Crippen molar-refractivity contribution >= 4 is 16.1 Å². The maximum absolute atomic E-state index is 13.9. The number of benzene rings is 2. The van der Waals surface area contributed by atoms with Crippen LogP contribution in [0.25, 0.3) is 0 Å². The van der Waals surface area contributed by atoms with E-state index in [0.29, 0.717) is 25.1 Å². The zero-order chi connectivity index (χ0) is 20.7. The van der Waals surface area contributed by atoms with Crippen LogP contribution in [0.5, 0.6) is 0 Å². The van der Waals surface area contributed by atoms with Gasteiger partial charge in [0.1, 0.15) is 5.82 Å². The standard InChI is InChI=1S/C21H26FN3O3S/c22-20-12-5-4-11-19(20)16-24-14-7-15-25(29(24,27)28)17-21(26)23-13-6-10-18-8-2-1-3-9-18/h1-5,8-9,11-12H,6-7,10,13-17H2,(H,23,26). The van der Waals surface area contributed by atoms with E-state index in [1.165, 1.54) is 20.2 Å². The summed E-state index contributed by atoms with van der Waals surface area (Å²) in [5, 5.41) is 2.79. The molecule has 1 heterocycles. The summed E-state index contributed by atoms with van der Waals surface area (Å²) in [6, 6.07) is 16.1. The van der Waals surface area contributed by atoms with Gasteiger partial charge in [-0.3, -0.25) is 4.79 Å². The van der Waals surface area contributed by atoms with Crippen molar-refractivity contribution in [3.05, 3.63) is 71.5 Å². The zero-order valence-corrected chi connectivity index (χ0v) is 17.1. The van der Waals surface area contributed by atoms with Gasteiger partial charge < -0.3 is 5.32 Å². The molecule has 2 aromatic rings. The maximum Gasteiger partial charge on any atom is 0.282 e. The molecule has 0 atom stereocenters. The Kier molecular flexibility index (Phi) is 7.35. The molecule has 0 spiro atoms. The van der Waals surface area contributed by atoms with Crippen LogP contribution in [-0.4, -0.2) is 49.1 Å². The second-order valence-corrected chi connectivity index (χ2v) is 8.99. The highest BCUT2D eigenvalue weighted by atomic mass is 32.2. The summed E-state index contributed by atoms with van der Waals surface area (Å²) in [5.74, 6) is -0.759. The number of nitrogens with zero attached hydrogens (tertiary/aromatic N) is 2. The van der Waals surface area contributed by atoms with Gasteiger partial charge in [0, 0.05) is 31.7 Å². The second-order valence-electron chi connectivity index (χ2n) is 7.06. The Labute approximate surface area is 171 Å². The molecule has 1 aliphatic rings. The Hall–Kier alpha value is -2.29. The fraction of sp³-hybridized carbons (Fsp3) is 0.381. The third kappa shape index (κ3) is 5.85. The molecule has 1 amide bonds. The van der Waals surface area contributed by atoms with Crippen molar-refractivity contribution in [1.82, 2.24) is 13.9 Å². The van der Waals surface area contributed by atoms with E-state index in [1.807, 2.05) is 30.3 Å². The average Bonchev–Trinajstić information content (AvgIpc) is 2.71. The second kappa shape index (κ2) is 9.96. The van der Waals surface area contributed by atoms with Gasteiger partial charge in [-0.05, 0) is 30.9 Å². The van der Waals surface area contributed by atoms with E-state index in [2.05, 4.69) is 5.32 Å². The summed E-state index contributed by atoms with van der Waals surface area (Å²) < 4.78 is 42.0. The van der Waals surface area contributed by atoms with E-state index in [9.17, 15) is 17.6 Å². The number of amides is 1. The number of nitrogens with one attached hydrogen (secondary N) is 1.